The third-order valence-corrected chi connectivity index (χ3v) is 3.94. The van der Waals surface area contributed by atoms with Crippen LogP contribution in [0, 0.1) is 23.0 Å². The molecule has 0 bridgehead atoms. The molecule has 2 rings (SSSR count). The van der Waals surface area contributed by atoms with Gasteiger partial charge in [-0.15, -0.1) is 0 Å². The fraction of sp³-hybridized carbons (Fsp3) is 0.263. The number of nitrogens with zero attached hydrogens (tertiary/aromatic N) is 1. The van der Waals surface area contributed by atoms with Gasteiger partial charge in [0.1, 0.15) is 6.61 Å². The van der Waals surface area contributed by atoms with Crippen LogP contribution in [0.4, 0.5) is 5.69 Å². The Morgan fingerprint density at radius 2 is 1.85 bits per heavy atom. The molecule has 0 spiro atoms. The van der Waals surface area contributed by atoms with Gasteiger partial charge in [-0.2, -0.15) is 0 Å². The van der Waals surface area contributed by atoms with Gasteiger partial charge in [-0.1, -0.05) is 36.4 Å². The molecule has 1 unspecified atom stereocenters. The molecule has 0 aromatic heterocycles. The van der Waals surface area contributed by atoms with Crippen LogP contribution in [0.1, 0.15) is 23.1 Å². The van der Waals surface area contributed by atoms with Crippen LogP contribution in [-0.2, 0) is 27.4 Å². The quantitative estimate of drug-likeness (QED) is 0.441. The van der Waals surface area contributed by atoms with Crippen molar-refractivity contribution in [2.24, 2.45) is 5.92 Å². The number of carbonyl (C=O) groups excluding carboxylic acids is 1. The van der Waals surface area contributed by atoms with Crippen LogP contribution < -0.4 is 0 Å². The number of esters is 1. The van der Waals surface area contributed by atoms with Crippen molar-refractivity contribution in [3.8, 4) is 0 Å². The van der Waals surface area contributed by atoms with Gasteiger partial charge >= 0.3 is 11.9 Å². The fourth-order valence-corrected chi connectivity index (χ4v) is 2.58. The molecule has 0 heterocycles. The summed E-state index contributed by atoms with van der Waals surface area (Å²) in [4.78, 5) is 33.8. The zero-order valence-corrected chi connectivity index (χ0v) is 14.3. The van der Waals surface area contributed by atoms with Gasteiger partial charge in [0.15, 0.2) is 0 Å². The van der Waals surface area contributed by atoms with Gasteiger partial charge in [-0.05, 0) is 30.5 Å². The summed E-state index contributed by atoms with van der Waals surface area (Å²) in [6.07, 6.45) is -0.174. The number of nitro groups is 1. The van der Waals surface area contributed by atoms with E-state index in [1.165, 1.54) is 12.1 Å². The lowest BCUT2D eigenvalue weighted by Gasteiger charge is -2.13. The third-order valence-electron chi connectivity index (χ3n) is 3.94. The number of nitro benzene ring substituents is 1. The first-order chi connectivity index (χ1) is 12.4. The molecule has 0 aliphatic carbocycles. The molecule has 0 amide bonds. The van der Waals surface area contributed by atoms with Crippen LogP contribution in [-0.4, -0.2) is 22.0 Å². The van der Waals surface area contributed by atoms with Crippen molar-refractivity contribution in [2.45, 2.75) is 26.4 Å². The zero-order valence-electron chi connectivity index (χ0n) is 14.3. The molecule has 136 valence electrons. The molecule has 0 radical (unpaired) electrons. The second kappa shape index (κ2) is 8.75. The van der Waals surface area contributed by atoms with E-state index < -0.39 is 22.8 Å². The Kier molecular flexibility index (Phi) is 6.43. The normalized spacial score (nSPS) is 11.6. The number of hydrogen-bond donors (Lipinski definition) is 1. The number of benzene rings is 2. The number of carboxylic acid groups (broad SMARTS) is 1. The summed E-state index contributed by atoms with van der Waals surface area (Å²) in [5.41, 5.74) is 1.86. The second-order valence-corrected chi connectivity index (χ2v) is 5.97. The van der Waals surface area contributed by atoms with Crippen LogP contribution in [0.25, 0.3) is 0 Å². The molecular weight excluding hydrogens is 338 g/mol. The van der Waals surface area contributed by atoms with Crippen LogP contribution >= 0.6 is 0 Å². The van der Waals surface area contributed by atoms with E-state index in [0.29, 0.717) is 11.1 Å². The van der Waals surface area contributed by atoms with E-state index in [0.717, 1.165) is 5.56 Å². The van der Waals surface area contributed by atoms with Gasteiger partial charge in [0.25, 0.3) is 5.69 Å². The Morgan fingerprint density at radius 1 is 1.15 bits per heavy atom. The summed E-state index contributed by atoms with van der Waals surface area (Å²) in [7, 11) is 0. The molecule has 0 aliphatic rings. The zero-order chi connectivity index (χ0) is 19.1. The number of aliphatic carboxylic acids is 1. The molecule has 7 nitrogen and oxygen atoms in total. The minimum absolute atomic E-state index is 0.0251. The van der Waals surface area contributed by atoms with E-state index in [1.807, 2.05) is 30.3 Å². The van der Waals surface area contributed by atoms with Gasteiger partial charge in [0.05, 0.1) is 17.3 Å². The molecule has 2 aromatic carbocycles. The number of carboxylic acids is 1. The van der Waals surface area contributed by atoms with Gasteiger partial charge < -0.3 is 9.84 Å². The monoisotopic (exact) mass is 357 g/mol. The van der Waals surface area contributed by atoms with Crippen molar-refractivity contribution in [2.75, 3.05) is 0 Å². The average Bonchev–Trinajstić information content (AvgIpc) is 2.60. The van der Waals surface area contributed by atoms with E-state index in [4.69, 9.17) is 4.74 Å². The Labute approximate surface area is 150 Å². The lowest BCUT2D eigenvalue weighted by atomic mass is 9.95. The molecule has 0 fully saturated rings. The van der Waals surface area contributed by atoms with Gasteiger partial charge in [-0.25, -0.2) is 0 Å². The van der Waals surface area contributed by atoms with Gasteiger partial charge in [-0.3, -0.25) is 19.7 Å². The van der Waals surface area contributed by atoms with Crippen molar-refractivity contribution >= 4 is 17.6 Å². The van der Waals surface area contributed by atoms with Crippen molar-refractivity contribution in [1.82, 2.24) is 0 Å². The Bertz CT molecular complexity index is 803. The maximum atomic E-state index is 12.0. The summed E-state index contributed by atoms with van der Waals surface area (Å²) in [6, 6.07) is 13.5. The number of ether oxygens (including phenoxy) is 1. The standard InChI is InChI=1S/C19H19NO6/c1-13-9-15(7-8-17(13)20(24)25)10-16(19(22)23)11-18(21)26-12-14-5-3-2-4-6-14/h2-9,16H,10-12H2,1H3,(H,22,23). The molecule has 0 saturated heterocycles. The van der Waals surface area contributed by atoms with Crippen LogP contribution in [0.5, 0.6) is 0 Å². The fourth-order valence-electron chi connectivity index (χ4n) is 2.58. The van der Waals surface area contributed by atoms with Crippen LogP contribution in [0.3, 0.4) is 0 Å². The van der Waals surface area contributed by atoms with Crippen molar-refractivity contribution in [1.29, 1.82) is 0 Å². The Hall–Kier alpha value is -3.22. The number of hydrogen-bond acceptors (Lipinski definition) is 5. The molecule has 0 aliphatic heterocycles. The van der Waals surface area contributed by atoms with Crippen molar-refractivity contribution in [3.05, 3.63) is 75.3 Å². The van der Waals surface area contributed by atoms with E-state index >= 15 is 0 Å². The average molecular weight is 357 g/mol. The number of carbonyl (C=O) groups is 2. The second-order valence-electron chi connectivity index (χ2n) is 5.97. The van der Waals surface area contributed by atoms with Gasteiger partial charge in [0.2, 0.25) is 0 Å². The maximum absolute atomic E-state index is 12.0. The van der Waals surface area contributed by atoms with Crippen molar-refractivity contribution < 1.29 is 24.4 Å². The highest BCUT2D eigenvalue weighted by atomic mass is 16.6. The minimum Gasteiger partial charge on any atom is -0.481 e. The molecule has 2 aromatic rings. The van der Waals surface area contributed by atoms with E-state index in [9.17, 15) is 24.8 Å². The van der Waals surface area contributed by atoms with Crippen LogP contribution in [0.2, 0.25) is 0 Å². The maximum Gasteiger partial charge on any atom is 0.307 e. The lowest BCUT2D eigenvalue weighted by molar-refractivity contribution is -0.385. The highest BCUT2D eigenvalue weighted by Crippen LogP contribution is 2.22. The van der Waals surface area contributed by atoms with E-state index in [2.05, 4.69) is 0 Å². The topological polar surface area (TPSA) is 107 Å². The molecule has 26 heavy (non-hydrogen) atoms. The number of rotatable bonds is 8. The third kappa shape index (κ3) is 5.41. The molecule has 7 heteroatoms. The molecule has 1 N–H and O–H groups in total. The summed E-state index contributed by atoms with van der Waals surface area (Å²) in [5.74, 6) is -2.67. The first-order valence-electron chi connectivity index (χ1n) is 8.03. The van der Waals surface area contributed by atoms with E-state index in [-0.39, 0.29) is 25.1 Å². The molecular formula is C19H19NO6. The highest BCUT2D eigenvalue weighted by molar-refractivity contribution is 5.79. The molecule has 1 atom stereocenters. The summed E-state index contributed by atoms with van der Waals surface area (Å²) in [5, 5.41) is 20.2. The summed E-state index contributed by atoms with van der Waals surface area (Å²) >= 11 is 0. The minimum atomic E-state index is -1.11. The highest BCUT2D eigenvalue weighted by Gasteiger charge is 2.23. The smallest absolute Gasteiger partial charge is 0.307 e. The largest absolute Gasteiger partial charge is 0.481 e. The Balaban J connectivity index is 1.98. The lowest BCUT2D eigenvalue weighted by Crippen LogP contribution is -2.21. The first-order valence-corrected chi connectivity index (χ1v) is 8.03. The van der Waals surface area contributed by atoms with Crippen molar-refractivity contribution in [3.63, 3.8) is 0 Å². The predicted octanol–water partition coefficient (Wildman–Crippen LogP) is 3.28. The van der Waals surface area contributed by atoms with E-state index in [1.54, 1.807) is 13.0 Å². The summed E-state index contributed by atoms with van der Waals surface area (Å²) in [6.45, 7) is 1.67. The first kappa shape index (κ1) is 19.1. The van der Waals surface area contributed by atoms with Gasteiger partial charge in [0, 0.05) is 11.6 Å². The SMILES string of the molecule is Cc1cc(CC(CC(=O)OCc2ccccc2)C(=O)O)ccc1[N+](=O)[O-]. The predicted molar refractivity (Wildman–Crippen MR) is 93.5 cm³/mol. The Morgan fingerprint density at radius 3 is 2.42 bits per heavy atom. The number of aryl methyl sites for hydroxylation is 1. The van der Waals surface area contributed by atoms with Crippen LogP contribution in [0.15, 0.2) is 48.5 Å². The molecule has 0 saturated carbocycles. The summed E-state index contributed by atoms with van der Waals surface area (Å²) < 4.78 is 5.13.